The molecule has 2 N–H and O–H groups in total. The van der Waals surface area contributed by atoms with E-state index in [0.29, 0.717) is 5.56 Å². The number of anilines is 1. The molecule has 0 atom stereocenters. The van der Waals surface area contributed by atoms with Crippen molar-refractivity contribution in [2.24, 2.45) is 0 Å². The highest BCUT2D eigenvalue weighted by atomic mass is 19.1. The van der Waals surface area contributed by atoms with Crippen LogP contribution >= 0.6 is 0 Å². The molecule has 2 aromatic carbocycles. The van der Waals surface area contributed by atoms with E-state index < -0.39 is 29.4 Å². The number of nitrogens with two attached hydrogens (primary N) is 1. The summed E-state index contributed by atoms with van der Waals surface area (Å²) >= 11 is 0. The standard InChI is InChI=1S/C20H19F2N3O5.C2H6/c1-24(2)18(26)29-14-7-6-12-17(16(14)22)30-19(27)25(20(12)9-28-10-20)8-11-4-3-5-13(23)15(11)21;1-2/h3-7H,8-10,23H2,1-2H3;1-2H3. The number of hydrogen-bond acceptors (Lipinski definition) is 6. The van der Waals surface area contributed by atoms with Gasteiger partial charge in [0, 0.05) is 25.2 Å². The van der Waals surface area contributed by atoms with Gasteiger partial charge in [-0.3, -0.25) is 4.90 Å². The van der Waals surface area contributed by atoms with Crippen LogP contribution in [0.4, 0.5) is 24.1 Å². The Balaban J connectivity index is 0.00000141. The van der Waals surface area contributed by atoms with Crippen molar-refractivity contribution in [3.63, 3.8) is 0 Å². The lowest BCUT2D eigenvalue weighted by Crippen LogP contribution is -2.63. The average molecular weight is 449 g/mol. The molecule has 0 aromatic heterocycles. The maximum absolute atomic E-state index is 15.0. The monoisotopic (exact) mass is 449 g/mol. The van der Waals surface area contributed by atoms with Gasteiger partial charge >= 0.3 is 12.2 Å². The van der Waals surface area contributed by atoms with Crippen LogP contribution in [0.1, 0.15) is 25.0 Å². The number of carbonyl (C=O) groups is 2. The van der Waals surface area contributed by atoms with Crippen LogP contribution in [0, 0.1) is 11.6 Å². The lowest BCUT2D eigenvalue weighted by molar-refractivity contribution is -0.143. The summed E-state index contributed by atoms with van der Waals surface area (Å²) in [5, 5.41) is 0. The van der Waals surface area contributed by atoms with Crippen molar-refractivity contribution in [1.82, 2.24) is 9.80 Å². The Morgan fingerprint density at radius 1 is 1.19 bits per heavy atom. The number of benzene rings is 2. The smallest absolute Gasteiger partial charge is 0.407 e. The molecule has 2 aliphatic heterocycles. The molecule has 0 aliphatic carbocycles. The molecule has 1 spiro atoms. The highest BCUT2D eigenvalue weighted by molar-refractivity contribution is 5.77. The molecule has 0 unspecified atom stereocenters. The predicted molar refractivity (Wildman–Crippen MR) is 112 cm³/mol. The van der Waals surface area contributed by atoms with E-state index in [1.54, 1.807) is 6.07 Å². The summed E-state index contributed by atoms with van der Waals surface area (Å²) in [5.74, 6) is -2.32. The van der Waals surface area contributed by atoms with Gasteiger partial charge < -0.3 is 24.8 Å². The molecule has 0 radical (unpaired) electrons. The zero-order valence-corrected chi connectivity index (χ0v) is 18.3. The number of hydrogen-bond donors (Lipinski definition) is 1. The highest BCUT2D eigenvalue weighted by Gasteiger charge is 2.54. The molecule has 8 nitrogen and oxygen atoms in total. The Morgan fingerprint density at radius 3 is 2.47 bits per heavy atom. The first-order valence-electron chi connectivity index (χ1n) is 10.1. The number of halogens is 2. The molecule has 0 saturated carbocycles. The van der Waals surface area contributed by atoms with E-state index >= 15 is 4.39 Å². The second-order valence-electron chi connectivity index (χ2n) is 7.32. The Labute approximate surface area is 184 Å². The number of amides is 2. The minimum atomic E-state index is -1.04. The van der Waals surface area contributed by atoms with E-state index in [1.165, 1.54) is 43.3 Å². The second kappa shape index (κ2) is 8.99. The van der Waals surface area contributed by atoms with E-state index in [4.69, 9.17) is 19.9 Å². The molecule has 2 aliphatic rings. The van der Waals surface area contributed by atoms with E-state index in [1.807, 2.05) is 13.8 Å². The second-order valence-corrected chi connectivity index (χ2v) is 7.32. The van der Waals surface area contributed by atoms with Gasteiger partial charge in [-0.15, -0.1) is 0 Å². The van der Waals surface area contributed by atoms with E-state index in [2.05, 4.69) is 0 Å². The van der Waals surface area contributed by atoms with Gasteiger partial charge in [0.05, 0.1) is 25.4 Å². The lowest BCUT2D eigenvalue weighted by Gasteiger charge is -2.51. The minimum Gasteiger partial charge on any atom is -0.407 e. The molecule has 2 heterocycles. The minimum absolute atomic E-state index is 0.0458. The van der Waals surface area contributed by atoms with Gasteiger partial charge in [0.15, 0.2) is 17.3 Å². The van der Waals surface area contributed by atoms with Crippen LogP contribution in [0.25, 0.3) is 0 Å². The van der Waals surface area contributed by atoms with E-state index in [9.17, 15) is 14.0 Å². The largest absolute Gasteiger partial charge is 0.416 e. The molecule has 10 heteroatoms. The van der Waals surface area contributed by atoms with Crippen molar-refractivity contribution in [3.8, 4) is 11.5 Å². The predicted octanol–water partition coefficient (Wildman–Crippen LogP) is 3.87. The zero-order valence-electron chi connectivity index (χ0n) is 18.3. The normalized spacial score (nSPS) is 15.7. The summed E-state index contributed by atoms with van der Waals surface area (Å²) in [4.78, 5) is 27.0. The highest BCUT2D eigenvalue weighted by Crippen LogP contribution is 2.48. The van der Waals surface area contributed by atoms with Crippen molar-refractivity contribution < 1.29 is 32.6 Å². The molecular weight excluding hydrogens is 424 g/mol. The molecule has 1 fully saturated rings. The van der Waals surface area contributed by atoms with Crippen molar-refractivity contribution in [2.45, 2.75) is 25.9 Å². The van der Waals surface area contributed by atoms with Gasteiger partial charge in [0.1, 0.15) is 5.54 Å². The van der Waals surface area contributed by atoms with Crippen LogP contribution in [-0.2, 0) is 16.8 Å². The topological polar surface area (TPSA) is 94.3 Å². The Morgan fingerprint density at radius 2 is 1.88 bits per heavy atom. The molecule has 4 rings (SSSR count). The summed E-state index contributed by atoms with van der Waals surface area (Å²) in [6.45, 7) is 4.02. The summed E-state index contributed by atoms with van der Waals surface area (Å²) in [6, 6.07) is 7.29. The third-order valence-electron chi connectivity index (χ3n) is 5.17. The number of rotatable bonds is 3. The quantitative estimate of drug-likeness (QED) is 0.715. The molecular formula is C22H25F2N3O5. The maximum Gasteiger partial charge on any atom is 0.416 e. The number of ether oxygens (including phenoxy) is 3. The van der Waals surface area contributed by atoms with Crippen LogP contribution < -0.4 is 15.2 Å². The van der Waals surface area contributed by atoms with Crippen molar-refractivity contribution in [1.29, 1.82) is 0 Å². The van der Waals surface area contributed by atoms with Gasteiger partial charge in [-0.25, -0.2) is 14.0 Å². The van der Waals surface area contributed by atoms with Crippen LogP contribution in [0.5, 0.6) is 11.5 Å². The zero-order chi connectivity index (χ0) is 23.6. The first kappa shape index (κ1) is 23.3. The first-order valence-corrected chi connectivity index (χ1v) is 10.1. The number of nitrogen functional groups attached to an aromatic ring is 1. The van der Waals surface area contributed by atoms with Crippen LogP contribution in [0.3, 0.4) is 0 Å². The van der Waals surface area contributed by atoms with Crippen LogP contribution in [0.15, 0.2) is 30.3 Å². The fourth-order valence-electron chi connectivity index (χ4n) is 3.45. The molecule has 0 bridgehead atoms. The number of carbonyl (C=O) groups excluding carboxylic acids is 2. The van der Waals surface area contributed by atoms with Crippen LogP contribution in [-0.4, -0.2) is 49.3 Å². The summed E-state index contributed by atoms with van der Waals surface area (Å²) in [5.41, 5.74) is 5.08. The fourth-order valence-corrected chi connectivity index (χ4v) is 3.45. The van der Waals surface area contributed by atoms with Crippen molar-refractivity contribution >= 4 is 17.9 Å². The molecule has 2 aromatic rings. The van der Waals surface area contributed by atoms with Gasteiger partial charge in [0.25, 0.3) is 0 Å². The summed E-state index contributed by atoms with van der Waals surface area (Å²) in [6.07, 6.45) is -1.65. The van der Waals surface area contributed by atoms with Crippen molar-refractivity contribution in [3.05, 3.63) is 53.1 Å². The maximum atomic E-state index is 15.0. The third kappa shape index (κ3) is 3.81. The lowest BCUT2D eigenvalue weighted by atomic mass is 9.84. The molecule has 1 saturated heterocycles. The van der Waals surface area contributed by atoms with E-state index in [0.717, 1.165) is 4.90 Å². The average Bonchev–Trinajstić information content (AvgIpc) is 2.74. The third-order valence-corrected chi connectivity index (χ3v) is 5.17. The SMILES string of the molecule is CC.CN(C)C(=O)Oc1ccc2c(c1F)OC(=O)N(Cc1cccc(N)c1F)C21COC1. The molecule has 172 valence electrons. The van der Waals surface area contributed by atoms with Crippen molar-refractivity contribution in [2.75, 3.05) is 33.0 Å². The Hall–Kier alpha value is -3.40. The van der Waals surface area contributed by atoms with Gasteiger partial charge in [0.2, 0.25) is 5.82 Å². The summed E-state index contributed by atoms with van der Waals surface area (Å²) in [7, 11) is 2.90. The Kier molecular flexibility index (Phi) is 6.54. The number of fused-ring (bicyclic) bond motifs is 2. The van der Waals surface area contributed by atoms with Gasteiger partial charge in [-0.1, -0.05) is 26.0 Å². The van der Waals surface area contributed by atoms with Gasteiger partial charge in [-0.2, -0.15) is 4.39 Å². The van der Waals surface area contributed by atoms with Gasteiger partial charge in [-0.05, 0) is 18.2 Å². The Bertz CT molecular complexity index is 1040. The number of nitrogens with zero attached hydrogens (tertiary/aromatic N) is 2. The molecule has 2 amide bonds. The van der Waals surface area contributed by atoms with Crippen LogP contribution in [0.2, 0.25) is 0 Å². The van der Waals surface area contributed by atoms with E-state index in [-0.39, 0.29) is 42.5 Å². The molecule has 32 heavy (non-hydrogen) atoms. The summed E-state index contributed by atoms with van der Waals surface area (Å²) < 4.78 is 45.0. The first-order chi connectivity index (χ1) is 15.2. The fraction of sp³-hybridized carbons (Fsp3) is 0.364.